The van der Waals surface area contributed by atoms with Gasteiger partial charge in [-0.2, -0.15) is 0 Å². The number of Topliss-reactive ketones (excluding diaryl/α,β-unsaturated/α-hetero) is 1. The zero-order valence-corrected chi connectivity index (χ0v) is 11.8. The van der Waals surface area contributed by atoms with Crippen LogP contribution in [0.4, 0.5) is 5.69 Å². The Hall–Kier alpha value is -2.17. The summed E-state index contributed by atoms with van der Waals surface area (Å²) in [6.45, 7) is 1.52. The maximum atomic E-state index is 11.8. The van der Waals surface area contributed by atoms with Gasteiger partial charge in [0.05, 0.1) is 5.92 Å². The molecule has 0 aromatic heterocycles. The highest BCUT2D eigenvalue weighted by Gasteiger charge is 2.28. The molecule has 0 radical (unpaired) electrons. The summed E-state index contributed by atoms with van der Waals surface area (Å²) in [5, 5.41) is 2.38. The number of benzene rings is 1. The highest BCUT2D eigenvalue weighted by Crippen LogP contribution is 2.27. The summed E-state index contributed by atoms with van der Waals surface area (Å²) >= 11 is 0. The molecule has 2 aliphatic rings. The number of anilines is 1. The smallest absolute Gasteiger partial charge is 0.234 e. The van der Waals surface area contributed by atoms with E-state index < -0.39 is 0 Å². The summed E-state index contributed by atoms with van der Waals surface area (Å²) < 4.78 is 0. The number of carbonyl (C=O) groups is 3. The van der Waals surface area contributed by atoms with Crippen molar-refractivity contribution in [3.8, 4) is 0 Å². The zero-order valence-electron chi connectivity index (χ0n) is 11.8. The molecule has 0 bridgehead atoms. The number of nitrogens with zero attached hydrogens (tertiary/aromatic N) is 1. The Morgan fingerprint density at radius 3 is 2.24 bits per heavy atom. The summed E-state index contributed by atoms with van der Waals surface area (Å²) in [5.74, 6) is -0.306. The molecule has 2 heterocycles. The predicted molar refractivity (Wildman–Crippen MR) is 78.0 cm³/mol. The zero-order chi connectivity index (χ0) is 14.8. The minimum Gasteiger partial charge on any atom is -0.371 e. The van der Waals surface area contributed by atoms with Crippen LogP contribution in [0, 0.1) is 0 Å². The molecule has 21 heavy (non-hydrogen) atoms. The van der Waals surface area contributed by atoms with Crippen molar-refractivity contribution in [2.75, 3.05) is 18.0 Å². The Morgan fingerprint density at radius 2 is 1.62 bits per heavy atom. The molecule has 1 aromatic carbocycles. The van der Waals surface area contributed by atoms with E-state index in [1.54, 1.807) is 0 Å². The average molecular weight is 286 g/mol. The Morgan fingerprint density at radius 1 is 0.952 bits per heavy atom. The fraction of sp³-hybridized carbons (Fsp3) is 0.438. The number of hydrogen-bond donors (Lipinski definition) is 1. The average Bonchev–Trinajstić information content (AvgIpc) is 2.48. The molecular formula is C16H18N2O3. The van der Waals surface area contributed by atoms with Crippen molar-refractivity contribution in [1.82, 2.24) is 5.32 Å². The van der Waals surface area contributed by atoms with E-state index in [2.05, 4.69) is 10.2 Å². The van der Waals surface area contributed by atoms with E-state index in [-0.39, 0.29) is 17.7 Å². The Labute approximate surface area is 123 Å². The molecule has 2 saturated heterocycles. The minimum atomic E-state index is -0.236. The van der Waals surface area contributed by atoms with Crippen LogP contribution in [0.15, 0.2) is 24.3 Å². The maximum Gasteiger partial charge on any atom is 0.234 e. The summed E-state index contributed by atoms with van der Waals surface area (Å²) in [6, 6.07) is 7.89. The van der Waals surface area contributed by atoms with Crippen molar-refractivity contribution in [2.24, 2.45) is 0 Å². The lowest BCUT2D eigenvalue weighted by Gasteiger charge is -2.28. The quantitative estimate of drug-likeness (QED) is 0.834. The van der Waals surface area contributed by atoms with Crippen molar-refractivity contribution in [2.45, 2.75) is 31.6 Å². The molecule has 0 unspecified atom stereocenters. The highest BCUT2D eigenvalue weighted by atomic mass is 16.2. The van der Waals surface area contributed by atoms with Gasteiger partial charge in [-0.3, -0.25) is 19.7 Å². The normalized spacial score (nSPS) is 23.1. The van der Waals surface area contributed by atoms with E-state index in [0.29, 0.717) is 31.5 Å². The lowest BCUT2D eigenvalue weighted by atomic mass is 9.90. The fourth-order valence-electron chi connectivity index (χ4n) is 2.94. The van der Waals surface area contributed by atoms with Gasteiger partial charge in [0.1, 0.15) is 5.78 Å². The number of amides is 2. The van der Waals surface area contributed by atoms with Crippen LogP contribution >= 0.6 is 0 Å². The van der Waals surface area contributed by atoms with Gasteiger partial charge in [-0.25, -0.2) is 0 Å². The molecular weight excluding hydrogens is 268 g/mol. The van der Waals surface area contributed by atoms with Gasteiger partial charge in [0.2, 0.25) is 11.8 Å². The molecule has 110 valence electrons. The van der Waals surface area contributed by atoms with Gasteiger partial charge in [0.15, 0.2) is 0 Å². The summed E-state index contributed by atoms with van der Waals surface area (Å²) in [4.78, 5) is 36.5. The number of rotatable bonds is 2. The molecule has 1 N–H and O–H groups in total. The molecule has 2 amide bonds. The lowest BCUT2D eigenvalue weighted by Crippen LogP contribution is -2.39. The molecule has 5 heteroatoms. The van der Waals surface area contributed by atoms with E-state index in [1.165, 1.54) is 0 Å². The predicted octanol–water partition coefficient (Wildman–Crippen LogP) is 1.38. The Bertz CT molecular complexity index is 570. The fourth-order valence-corrected chi connectivity index (χ4v) is 2.94. The number of nitrogens with one attached hydrogen (secondary N) is 1. The van der Waals surface area contributed by atoms with Gasteiger partial charge in [0, 0.05) is 38.0 Å². The molecule has 2 fully saturated rings. The van der Waals surface area contributed by atoms with E-state index in [1.807, 2.05) is 24.3 Å². The highest BCUT2D eigenvalue weighted by molar-refractivity contribution is 6.00. The van der Waals surface area contributed by atoms with Crippen molar-refractivity contribution in [3.63, 3.8) is 0 Å². The number of ketones is 1. The van der Waals surface area contributed by atoms with Gasteiger partial charge in [0.25, 0.3) is 0 Å². The first-order valence-electron chi connectivity index (χ1n) is 7.34. The molecule has 1 aromatic rings. The van der Waals surface area contributed by atoms with Crippen LogP contribution in [0.2, 0.25) is 0 Å². The number of hydrogen-bond acceptors (Lipinski definition) is 4. The van der Waals surface area contributed by atoms with Crippen LogP contribution in [0.25, 0.3) is 0 Å². The first-order chi connectivity index (χ1) is 10.1. The van der Waals surface area contributed by atoms with Gasteiger partial charge < -0.3 is 4.90 Å². The molecule has 5 nitrogen and oxygen atoms in total. The third kappa shape index (κ3) is 2.96. The summed E-state index contributed by atoms with van der Waals surface area (Å²) in [7, 11) is 0. The van der Waals surface area contributed by atoms with Crippen molar-refractivity contribution >= 4 is 23.3 Å². The monoisotopic (exact) mass is 286 g/mol. The number of piperidine rings is 2. The van der Waals surface area contributed by atoms with E-state index in [0.717, 1.165) is 24.3 Å². The van der Waals surface area contributed by atoms with Crippen molar-refractivity contribution in [1.29, 1.82) is 0 Å². The van der Waals surface area contributed by atoms with E-state index >= 15 is 0 Å². The van der Waals surface area contributed by atoms with Gasteiger partial charge in [-0.1, -0.05) is 12.1 Å². The Balaban J connectivity index is 1.70. The third-order valence-electron chi connectivity index (χ3n) is 4.22. The topological polar surface area (TPSA) is 66.5 Å². The molecule has 1 atom stereocenters. The van der Waals surface area contributed by atoms with E-state index in [4.69, 9.17) is 0 Å². The first kappa shape index (κ1) is 13.8. The number of carbonyl (C=O) groups excluding carboxylic acids is 3. The van der Waals surface area contributed by atoms with Crippen molar-refractivity contribution < 1.29 is 14.4 Å². The van der Waals surface area contributed by atoms with Crippen LogP contribution in [-0.4, -0.2) is 30.7 Å². The number of imide groups is 1. The lowest BCUT2D eigenvalue weighted by molar-refractivity contribution is -0.134. The van der Waals surface area contributed by atoms with Crippen LogP contribution in [-0.2, 0) is 14.4 Å². The Kier molecular flexibility index (Phi) is 3.73. The van der Waals surface area contributed by atoms with Crippen molar-refractivity contribution in [3.05, 3.63) is 29.8 Å². The molecule has 3 rings (SSSR count). The third-order valence-corrected chi connectivity index (χ3v) is 4.22. The van der Waals surface area contributed by atoms with Gasteiger partial charge in [-0.15, -0.1) is 0 Å². The molecule has 0 spiro atoms. The largest absolute Gasteiger partial charge is 0.371 e. The summed E-state index contributed by atoms with van der Waals surface area (Å²) in [5.41, 5.74) is 2.02. The second-order valence-corrected chi connectivity index (χ2v) is 5.62. The van der Waals surface area contributed by atoms with Crippen LogP contribution in [0.1, 0.15) is 37.2 Å². The van der Waals surface area contributed by atoms with Crippen LogP contribution in [0.3, 0.4) is 0 Å². The first-order valence-corrected chi connectivity index (χ1v) is 7.34. The standard InChI is InChI=1S/C16H18N2O3/c19-13-7-9-18(10-8-13)12-3-1-11(2-4-12)14-5-6-15(20)17-16(14)21/h1-4,14H,5-10H2,(H,17,20,21)/t14-/m1/s1. The minimum absolute atomic E-state index is 0.189. The second kappa shape index (κ2) is 5.68. The molecule has 2 aliphatic heterocycles. The van der Waals surface area contributed by atoms with Crippen LogP contribution < -0.4 is 10.2 Å². The van der Waals surface area contributed by atoms with Gasteiger partial charge >= 0.3 is 0 Å². The second-order valence-electron chi connectivity index (χ2n) is 5.62. The van der Waals surface area contributed by atoms with Crippen LogP contribution in [0.5, 0.6) is 0 Å². The molecule has 0 saturated carbocycles. The SMILES string of the molecule is O=C1CCN(c2ccc([C@H]3CCC(=O)NC3=O)cc2)CC1. The van der Waals surface area contributed by atoms with Gasteiger partial charge in [-0.05, 0) is 24.1 Å². The van der Waals surface area contributed by atoms with E-state index in [9.17, 15) is 14.4 Å². The summed E-state index contributed by atoms with van der Waals surface area (Å²) in [6.07, 6.45) is 2.18. The molecule has 0 aliphatic carbocycles. The maximum absolute atomic E-state index is 11.8.